The van der Waals surface area contributed by atoms with Crippen LogP contribution in [0.1, 0.15) is 34.3 Å². The Kier molecular flexibility index (Phi) is 5.86. The zero-order valence-electron chi connectivity index (χ0n) is 18.4. The van der Waals surface area contributed by atoms with Crippen LogP contribution >= 0.6 is 11.6 Å². The summed E-state index contributed by atoms with van der Waals surface area (Å²) in [5.74, 6) is -0.196. The Morgan fingerprint density at radius 3 is 2.73 bits per heavy atom. The number of carbonyl (C=O) groups is 2. The van der Waals surface area contributed by atoms with Gasteiger partial charge < -0.3 is 25.3 Å². The number of halogens is 1. The van der Waals surface area contributed by atoms with Gasteiger partial charge in [-0.05, 0) is 36.1 Å². The lowest BCUT2D eigenvalue weighted by atomic mass is 9.83. The summed E-state index contributed by atoms with van der Waals surface area (Å²) in [7, 11) is 0. The maximum atomic E-state index is 13.5. The van der Waals surface area contributed by atoms with Crippen LogP contribution in [0.5, 0.6) is 0 Å². The Bertz CT molecular complexity index is 1210. The van der Waals surface area contributed by atoms with E-state index in [4.69, 9.17) is 22.1 Å². The van der Waals surface area contributed by atoms with E-state index in [1.807, 2.05) is 17.0 Å². The molecule has 0 unspecified atom stereocenters. The van der Waals surface area contributed by atoms with Crippen molar-refractivity contribution in [3.8, 4) is 0 Å². The van der Waals surface area contributed by atoms with Gasteiger partial charge in [-0.1, -0.05) is 41.9 Å². The first-order chi connectivity index (χ1) is 16.0. The lowest BCUT2D eigenvalue weighted by molar-refractivity contribution is -0.121. The molecule has 0 aliphatic carbocycles. The summed E-state index contributed by atoms with van der Waals surface area (Å²) in [4.78, 5) is 27.7. The number of carbonyl (C=O) groups excluding carboxylic acids is 2. The molecule has 1 spiro atoms. The van der Waals surface area contributed by atoms with E-state index >= 15 is 0 Å². The minimum atomic E-state index is -0.296. The van der Waals surface area contributed by atoms with E-state index in [0.717, 1.165) is 23.7 Å². The molecule has 3 N–H and O–H groups in total. The van der Waals surface area contributed by atoms with Crippen LogP contribution in [0.2, 0.25) is 5.02 Å². The average Bonchev–Trinajstić information content (AvgIpc) is 3.36. The van der Waals surface area contributed by atoms with Gasteiger partial charge in [0.15, 0.2) is 0 Å². The molecule has 172 valence electrons. The van der Waals surface area contributed by atoms with Gasteiger partial charge in [-0.3, -0.25) is 9.59 Å². The van der Waals surface area contributed by atoms with Gasteiger partial charge in [-0.25, -0.2) is 0 Å². The summed E-state index contributed by atoms with van der Waals surface area (Å²) < 4.78 is 8.02. The standard InChI is InChI=1S/C25H27ClN4O3/c26-18-5-6-19-20(14-30(22(19)13-18)15-23(31)28-10-9-27)24(32)29-11-7-25(8-12-29)21-4-2-1-3-17(21)16-33-25/h1-6,13-14H,7-12,15-16,27H2,(H,28,31). The summed E-state index contributed by atoms with van der Waals surface area (Å²) in [6.07, 6.45) is 3.29. The van der Waals surface area contributed by atoms with E-state index in [9.17, 15) is 9.59 Å². The molecule has 1 aromatic heterocycles. The minimum Gasteiger partial charge on any atom is -0.365 e. The van der Waals surface area contributed by atoms with Gasteiger partial charge >= 0.3 is 0 Å². The second-order valence-electron chi connectivity index (χ2n) is 8.70. The zero-order valence-corrected chi connectivity index (χ0v) is 19.1. The highest BCUT2D eigenvalue weighted by Gasteiger charge is 2.43. The maximum absolute atomic E-state index is 13.5. The normalized spacial score (nSPS) is 16.8. The predicted octanol–water partition coefficient (Wildman–Crippen LogP) is 3.03. The Labute approximate surface area is 197 Å². The molecule has 3 heterocycles. The van der Waals surface area contributed by atoms with Crippen molar-refractivity contribution in [2.75, 3.05) is 26.2 Å². The first kappa shape index (κ1) is 21.9. The smallest absolute Gasteiger partial charge is 0.256 e. The molecule has 0 atom stereocenters. The predicted molar refractivity (Wildman–Crippen MR) is 127 cm³/mol. The Balaban J connectivity index is 1.37. The third-order valence-electron chi connectivity index (χ3n) is 6.73. The van der Waals surface area contributed by atoms with E-state index in [0.29, 0.717) is 43.4 Å². The number of hydrogen-bond donors (Lipinski definition) is 2. The molecule has 0 radical (unpaired) electrons. The maximum Gasteiger partial charge on any atom is 0.256 e. The van der Waals surface area contributed by atoms with Crippen LogP contribution < -0.4 is 11.1 Å². The molecular weight excluding hydrogens is 440 g/mol. The highest BCUT2D eigenvalue weighted by molar-refractivity contribution is 6.31. The van der Waals surface area contributed by atoms with Gasteiger partial charge in [-0.2, -0.15) is 0 Å². The minimum absolute atomic E-state index is 0.0374. The van der Waals surface area contributed by atoms with Crippen LogP contribution in [0.3, 0.4) is 0 Å². The number of benzene rings is 2. The van der Waals surface area contributed by atoms with Crippen LogP contribution in [0.4, 0.5) is 0 Å². The summed E-state index contributed by atoms with van der Waals surface area (Å²) in [6.45, 7) is 2.74. The fourth-order valence-corrected chi connectivity index (χ4v) is 5.19. The highest BCUT2D eigenvalue weighted by Crippen LogP contribution is 2.44. The van der Waals surface area contributed by atoms with Crippen LogP contribution in [-0.4, -0.2) is 47.5 Å². The molecule has 2 amide bonds. The summed E-state index contributed by atoms with van der Waals surface area (Å²) in [5, 5.41) is 4.12. The van der Waals surface area contributed by atoms with E-state index in [1.165, 1.54) is 11.1 Å². The Morgan fingerprint density at radius 2 is 1.94 bits per heavy atom. The third-order valence-corrected chi connectivity index (χ3v) is 6.96. The number of likely N-dealkylation sites (tertiary alicyclic amines) is 1. The van der Waals surface area contributed by atoms with Gasteiger partial charge in [-0.15, -0.1) is 0 Å². The van der Waals surface area contributed by atoms with Crippen molar-refractivity contribution in [1.29, 1.82) is 0 Å². The number of amides is 2. The monoisotopic (exact) mass is 466 g/mol. The first-order valence-corrected chi connectivity index (χ1v) is 11.7. The van der Waals surface area contributed by atoms with Crippen molar-refractivity contribution in [1.82, 2.24) is 14.8 Å². The number of aromatic nitrogens is 1. The number of piperidine rings is 1. The fraction of sp³-hybridized carbons (Fsp3) is 0.360. The Hall–Kier alpha value is -2.87. The fourth-order valence-electron chi connectivity index (χ4n) is 5.03. The summed E-state index contributed by atoms with van der Waals surface area (Å²) in [5.41, 5.74) is 9.02. The molecule has 33 heavy (non-hydrogen) atoms. The highest BCUT2D eigenvalue weighted by atomic mass is 35.5. The second kappa shape index (κ2) is 8.82. The number of nitrogens with one attached hydrogen (secondary N) is 1. The SMILES string of the molecule is NCCNC(=O)Cn1cc(C(=O)N2CCC3(CC2)OCc2ccccc23)c2ccc(Cl)cc21. The third kappa shape index (κ3) is 4.01. The largest absolute Gasteiger partial charge is 0.365 e. The molecule has 2 aromatic carbocycles. The first-order valence-electron chi connectivity index (χ1n) is 11.3. The number of rotatable bonds is 5. The van der Waals surface area contributed by atoms with Gasteiger partial charge in [0, 0.05) is 42.8 Å². The molecule has 2 aliphatic heterocycles. The van der Waals surface area contributed by atoms with Crippen LogP contribution in [0.25, 0.3) is 10.9 Å². The number of hydrogen-bond acceptors (Lipinski definition) is 4. The number of nitrogens with two attached hydrogens (primary N) is 1. The molecule has 1 saturated heterocycles. The molecular formula is C25H27ClN4O3. The van der Waals surface area contributed by atoms with Crippen molar-refractivity contribution in [2.24, 2.45) is 5.73 Å². The molecule has 5 rings (SSSR count). The van der Waals surface area contributed by atoms with Gasteiger partial charge in [0.05, 0.1) is 23.3 Å². The quantitative estimate of drug-likeness (QED) is 0.604. The molecule has 3 aromatic rings. The molecule has 0 bridgehead atoms. The lowest BCUT2D eigenvalue weighted by Crippen LogP contribution is -2.45. The summed E-state index contributed by atoms with van der Waals surface area (Å²) in [6, 6.07) is 13.8. The van der Waals surface area contributed by atoms with Crippen molar-refractivity contribution in [3.05, 3.63) is 70.4 Å². The molecule has 0 saturated carbocycles. The number of ether oxygens (including phenoxy) is 1. The second-order valence-corrected chi connectivity index (χ2v) is 9.14. The lowest BCUT2D eigenvalue weighted by Gasteiger charge is -2.39. The van der Waals surface area contributed by atoms with Crippen molar-refractivity contribution >= 4 is 34.3 Å². The van der Waals surface area contributed by atoms with Gasteiger partial charge in [0.2, 0.25) is 5.91 Å². The van der Waals surface area contributed by atoms with Gasteiger partial charge in [0.1, 0.15) is 6.54 Å². The Morgan fingerprint density at radius 1 is 1.15 bits per heavy atom. The van der Waals surface area contributed by atoms with Crippen LogP contribution in [0.15, 0.2) is 48.7 Å². The van der Waals surface area contributed by atoms with Gasteiger partial charge in [0.25, 0.3) is 5.91 Å². The zero-order chi connectivity index (χ0) is 23.0. The van der Waals surface area contributed by atoms with E-state index in [1.54, 1.807) is 22.9 Å². The molecule has 2 aliphatic rings. The van der Waals surface area contributed by atoms with Crippen LogP contribution in [0, 0.1) is 0 Å². The van der Waals surface area contributed by atoms with Crippen molar-refractivity contribution in [3.63, 3.8) is 0 Å². The number of nitrogens with zero attached hydrogens (tertiary/aromatic N) is 2. The molecule has 7 nitrogen and oxygen atoms in total. The molecule has 8 heteroatoms. The van der Waals surface area contributed by atoms with E-state index in [2.05, 4.69) is 23.5 Å². The van der Waals surface area contributed by atoms with Crippen LogP contribution in [-0.2, 0) is 28.3 Å². The topological polar surface area (TPSA) is 89.6 Å². The van der Waals surface area contributed by atoms with E-state index < -0.39 is 0 Å². The van der Waals surface area contributed by atoms with Crippen molar-refractivity contribution in [2.45, 2.75) is 31.6 Å². The van der Waals surface area contributed by atoms with Crippen molar-refractivity contribution < 1.29 is 14.3 Å². The average molecular weight is 467 g/mol. The molecule has 1 fully saturated rings. The summed E-state index contributed by atoms with van der Waals surface area (Å²) >= 11 is 6.22. The number of fused-ring (bicyclic) bond motifs is 3. The van der Waals surface area contributed by atoms with E-state index in [-0.39, 0.29) is 24.0 Å².